The van der Waals surface area contributed by atoms with Crippen LogP contribution in [0.25, 0.3) is 0 Å². The zero-order chi connectivity index (χ0) is 17.6. The van der Waals surface area contributed by atoms with E-state index in [0.29, 0.717) is 37.8 Å². The second-order valence-electron chi connectivity index (χ2n) is 6.69. The zero-order valence-corrected chi connectivity index (χ0v) is 14.6. The summed E-state index contributed by atoms with van der Waals surface area (Å²) in [6.45, 7) is 7.39. The van der Waals surface area contributed by atoms with Gasteiger partial charge < -0.3 is 15.0 Å². The monoisotopic (exact) mass is 343 g/mol. The van der Waals surface area contributed by atoms with E-state index < -0.39 is 0 Å². The predicted octanol–water partition coefficient (Wildman–Crippen LogP) is 0.934. The van der Waals surface area contributed by atoms with Gasteiger partial charge in [0, 0.05) is 32.4 Å². The molecule has 0 bridgehead atoms. The highest BCUT2D eigenvalue weighted by Gasteiger charge is 2.32. The fraction of sp³-hybridized carbons (Fsp3) is 0.611. The highest BCUT2D eigenvalue weighted by molar-refractivity contribution is 5.81. The van der Waals surface area contributed by atoms with E-state index in [0.717, 1.165) is 31.9 Å². The van der Waals surface area contributed by atoms with Crippen LogP contribution >= 0.6 is 0 Å². The number of anilines is 1. The van der Waals surface area contributed by atoms with Crippen LogP contribution in [0.3, 0.4) is 0 Å². The van der Waals surface area contributed by atoms with Crippen molar-refractivity contribution in [2.45, 2.75) is 19.4 Å². The molecule has 2 atom stereocenters. The van der Waals surface area contributed by atoms with Gasteiger partial charge in [-0.25, -0.2) is 4.98 Å². The number of nitrogens with one attached hydrogen (secondary N) is 1. The molecule has 134 valence electrons. The van der Waals surface area contributed by atoms with Crippen molar-refractivity contribution in [1.82, 2.24) is 14.8 Å². The molecule has 0 unspecified atom stereocenters. The molecule has 2 aliphatic heterocycles. The summed E-state index contributed by atoms with van der Waals surface area (Å²) in [6, 6.07) is 5.59. The quantitative estimate of drug-likeness (QED) is 0.857. The van der Waals surface area contributed by atoms with Crippen molar-refractivity contribution in [3.63, 3.8) is 0 Å². The Bertz CT molecular complexity index is 621. The van der Waals surface area contributed by atoms with Crippen molar-refractivity contribution in [3.05, 3.63) is 23.9 Å². The van der Waals surface area contributed by atoms with Crippen molar-refractivity contribution in [3.8, 4) is 6.07 Å². The molecule has 0 aliphatic carbocycles. The van der Waals surface area contributed by atoms with Crippen LogP contribution in [0.15, 0.2) is 18.3 Å². The van der Waals surface area contributed by atoms with E-state index in [1.165, 1.54) is 0 Å². The number of hydrogen-bond donors (Lipinski definition) is 1. The van der Waals surface area contributed by atoms with E-state index in [1.807, 2.05) is 17.9 Å². The largest absolute Gasteiger partial charge is 0.378 e. The van der Waals surface area contributed by atoms with Gasteiger partial charge in [0.05, 0.1) is 24.8 Å². The Balaban J connectivity index is 1.45. The Morgan fingerprint density at radius 3 is 2.92 bits per heavy atom. The Morgan fingerprint density at radius 2 is 2.24 bits per heavy atom. The molecule has 3 heterocycles. The lowest BCUT2D eigenvalue weighted by Crippen LogP contribution is -2.50. The number of ether oxygens (including phenoxy) is 1. The highest BCUT2D eigenvalue weighted by Crippen LogP contribution is 2.20. The van der Waals surface area contributed by atoms with Gasteiger partial charge in [0.15, 0.2) is 0 Å². The van der Waals surface area contributed by atoms with Crippen LogP contribution in [0, 0.1) is 17.2 Å². The van der Waals surface area contributed by atoms with Crippen LogP contribution in [-0.2, 0) is 9.53 Å². The zero-order valence-electron chi connectivity index (χ0n) is 14.6. The Labute approximate surface area is 148 Å². The van der Waals surface area contributed by atoms with Crippen molar-refractivity contribution in [2.75, 3.05) is 51.3 Å². The van der Waals surface area contributed by atoms with Crippen LogP contribution in [0.1, 0.15) is 18.9 Å². The molecule has 1 amide bonds. The first-order valence-electron chi connectivity index (χ1n) is 8.88. The van der Waals surface area contributed by atoms with Gasteiger partial charge in [-0.3, -0.25) is 9.69 Å². The van der Waals surface area contributed by atoms with E-state index in [9.17, 15) is 4.79 Å². The fourth-order valence-corrected chi connectivity index (χ4v) is 3.40. The summed E-state index contributed by atoms with van der Waals surface area (Å²) < 4.78 is 5.32. The SMILES string of the molecule is C[C@@H](C(=O)N1CCOCC1)N1CC[C@@H](CNc2ccc(C#N)cn2)C1. The number of hydrogen-bond acceptors (Lipinski definition) is 6. The molecule has 25 heavy (non-hydrogen) atoms. The second kappa shape index (κ2) is 8.28. The third-order valence-corrected chi connectivity index (χ3v) is 5.01. The summed E-state index contributed by atoms with van der Waals surface area (Å²) in [5, 5.41) is 12.1. The van der Waals surface area contributed by atoms with Crippen molar-refractivity contribution < 1.29 is 9.53 Å². The average Bonchev–Trinajstić information content (AvgIpc) is 3.15. The Kier molecular flexibility index (Phi) is 5.84. The Hall–Kier alpha value is -2.17. The van der Waals surface area contributed by atoms with Crippen LogP contribution in [0.4, 0.5) is 5.82 Å². The van der Waals surface area contributed by atoms with Gasteiger partial charge in [-0.2, -0.15) is 5.26 Å². The first-order chi connectivity index (χ1) is 12.2. The maximum Gasteiger partial charge on any atom is 0.239 e. The first kappa shape index (κ1) is 17.6. The van der Waals surface area contributed by atoms with Crippen LogP contribution in [0.5, 0.6) is 0 Å². The summed E-state index contributed by atoms with van der Waals surface area (Å²) in [7, 11) is 0. The minimum absolute atomic E-state index is 0.0730. The molecule has 0 aromatic carbocycles. The minimum Gasteiger partial charge on any atom is -0.378 e. The van der Waals surface area contributed by atoms with E-state index in [1.54, 1.807) is 12.3 Å². The minimum atomic E-state index is -0.0730. The summed E-state index contributed by atoms with van der Waals surface area (Å²) in [5.74, 6) is 1.50. The number of carbonyl (C=O) groups is 1. The number of aromatic nitrogens is 1. The predicted molar refractivity (Wildman–Crippen MR) is 94.0 cm³/mol. The highest BCUT2D eigenvalue weighted by atomic mass is 16.5. The van der Waals surface area contributed by atoms with Gasteiger partial charge in [-0.05, 0) is 37.9 Å². The molecule has 7 heteroatoms. The molecule has 0 spiro atoms. The molecule has 0 saturated carbocycles. The molecule has 0 radical (unpaired) electrons. The number of nitrogens with zero attached hydrogens (tertiary/aromatic N) is 4. The van der Waals surface area contributed by atoms with Gasteiger partial charge in [-0.1, -0.05) is 0 Å². The van der Waals surface area contributed by atoms with Crippen LogP contribution in [0.2, 0.25) is 0 Å². The molecule has 7 nitrogen and oxygen atoms in total. The molecular formula is C18H25N5O2. The van der Waals surface area contributed by atoms with Crippen molar-refractivity contribution in [1.29, 1.82) is 5.26 Å². The molecular weight excluding hydrogens is 318 g/mol. The second-order valence-corrected chi connectivity index (χ2v) is 6.69. The van der Waals surface area contributed by atoms with Gasteiger partial charge in [0.25, 0.3) is 0 Å². The average molecular weight is 343 g/mol. The maximum atomic E-state index is 12.6. The van der Waals surface area contributed by atoms with Gasteiger partial charge in [0.1, 0.15) is 11.9 Å². The van der Waals surface area contributed by atoms with Crippen LogP contribution in [-0.4, -0.2) is 72.7 Å². The molecule has 3 rings (SSSR count). The third-order valence-electron chi connectivity index (χ3n) is 5.01. The lowest BCUT2D eigenvalue weighted by molar-refractivity contribution is -0.140. The molecule has 1 aromatic rings. The summed E-state index contributed by atoms with van der Waals surface area (Å²) >= 11 is 0. The van der Waals surface area contributed by atoms with E-state index >= 15 is 0 Å². The van der Waals surface area contributed by atoms with Gasteiger partial charge in [0.2, 0.25) is 5.91 Å². The summed E-state index contributed by atoms with van der Waals surface area (Å²) in [6.07, 6.45) is 2.65. The first-order valence-corrected chi connectivity index (χ1v) is 8.88. The lowest BCUT2D eigenvalue weighted by Gasteiger charge is -2.32. The van der Waals surface area contributed by atoms with E-state index in [2.05, 4.69) is 21.3 Å². The number of likely N-dealkylation sites (tertiary alicyclic amines) is 1. The van der Waals surface area contributed by atoms with E-state index in [4.69, 9.17) is 10.00 Å². The number of nitriles is 1. The normalized spacial score (nSPS) is 22.4. The lowest BCUT2D eigenvalue weighted by atomic mass is 10.1. The van der Waals surface area contributed by atoms with Crippen molar-refractivity contribution >= 4 is 11.7 Å². The fourth-order valence-electron chi connectivity index (χ4n) is 3.40. The smallest absolute Gasteiger partial charge is 0.239 e. The topological polar surface area (TPSA) is 81.5 Å². The molecule has 1 aromatic heterocycles. The van der Waals surface area contributed by atoms with Crippen molar-refractivity contribution in [2.24, 2.45) is 5.92 Å². The molecule has 1 N–H and O–H groups in total. The number of morpholine rings is 1. The van der Waals surface area contributed by atoms with Crippen LogP contribution < -0.4 is 5.32 Å². The molecule has 2 aliphatic rings. The van der Waals surface area contributed by atoms with Gasteiger partial charge in [-0.15, -0.1) is 0 Å². The Morgan fingerprint density at radius 1 is 1.44 bits per heavy atom. The number of carbonyl (C=O) groups excluding carboxylic acids is 1. The number of rotatable bonds is 5. The standard InChI is InChI=1S/C18H25N5O2/c1-14(18(24)22-6-8-25-9-7-22)23-5-4-16(13-23)12-21-17-3-2-15(10-19)11-20-17/h2-3,11,14,16H,4-9,12-13H2,1H3,(H,20,21)/t14-,16-/m0/s1. The number of pyridine rings is 1. The number of amides is 1. The van der Waals surface area contributed by atoms with Gasteiger partial charge >= 0.3 is 0 Å². The van der Waals surface area contributed by atoms with E-state index in [-0.39, 0.29) is 11.9 Å². The third kappa shape index (κ3) is 4.47. The molecule has 2 saturated heterocycles. The molecule has 2 fully saturated rings. The maximum absolute atomic E-state index is 12.6. The summed E-state index contributed by atoms with van der Waals surface area (Å²) in [5.41, 5.74) is 0.563. The summed E-state index contributed by atoms with van der Waals surface area (Å²) in [4.78, 5) is 21.0.